The maximum atomic E-state index is 12.1. The monoisotopic (exact) mass is 249 g/mol. The molecule has 2 aliphatic rings. The third-order valence-corrected chi connectivity index (χ3v) is 4.00. The predicted octanol–water partition coefficient (Wildman–Crippen LogP) is 0.759. The maximum Gasteiger partial charge on any atom is 0.230 e. The van der Waals surface area contributed by atoms with Crippen molar-refractivity contribution in [3.05, 3.63) is 0 Å². The molecule has 0 unspecified atom stereocenters. The van der Waals surface area contributed by atoms with E-state index in [9.17, 15) is 14.9 Å². The molecular formula is C13H19N3O2. The summed E-state index contributed by atoms with van der Waals surface area (Å²) in [5.74, 6) is -0.252. The Morgan fingerprint density at radius 3 is 2.17 bits per heavy atom. The molecule has 2 aliphatic heterocycles. The van der Waals surface area contributed by atoms with Crippen molar-refractivity contribution in [1.82, 2.24) is 9.80 Å². The van der Waals surface area contributed by atoms with Gasteiger partial charge < -0.3 is 4.90 Å². The highest BCUT2D eigenvalue weighted by Crippen LogP contribution is 2.33. The molecule has 0 aromatic carbocycles. The van der Waals surface area contributed by atoms with E-state index in [0.717, 1.165) is 13.1 Å². The molecule has 0 N–H and O–H groups in total. The van der Waals surface area contributed by atoms with Gasteiger partial charge in [-0.25, -0.2) is 0 Å². The third kappa shape index (κ3) is 2.13. The maximum absolute atomic E-state index is 12.1. The molecule has 0 bridgehead atoms. The number of hydrogen-bond donors (Lipinski definition) is 0. The van der Waals surface area contributed by atoms with E-state index in [-0.39, 0.29) is 17.7 Å². The number of likely N-dealkylation sites (tertiary alicyclic amines) is 2. The first-order chi connectivity index (χ1) is 8.48. The first-order valence-electron chi connectivity index (χ1n) is 6.44. The number of nitrogens with zero attached hydrogens (tertiary/aromatic N) is 3. The first kappa shape index (κ1) is 13.0. The average Bonchev–Trinajstić information content (AvgIpc) is 2.30. The van der Waals surface area contributed by atoms with Crippen molar-refractivity contribution in [3.8, 4) is 6.07 Å². The molecule has 0 aromatic heterocycles. The highest BCUT2D eigenvalue weighted by Gasteiger charge is 2.47. The number of carbonyl (C=O) groups excluding carboxylic acids is 2. The number of amides is 2. The SMILES string of the molecule is CC1CC(=O)N(C2(C#N)CCN(C)CC2)C(=O)C1. The van der Waals surface area contributed by atoms with Gasteiger partial charge in [-0.3, -0.25) is 14.5 Å². The highest BCUT2D eigenvalue weighted by atomic mass is 16.2. The molecule has 18 heavy (non-hydrogen) atoms. The summed E-state index contributed by atoms with van der Waals surface area (Å²) in [4.78, 5) is 27.6. The van der Waals surface area contributed by atoms with Crippen molar-refractivity contribution < 1.29 is 9.59 Å². The fourth-order valence-corrected chi connectivity index (χ4v) is 2.84. The van der Waals surface area contributed by atoms with Crippen LogP contribution in [0.25, 0.3) is 0 Å². The standard InChI is InChI=1S/C13H19N3O2/c1-10-7-11(17)16(12(18)8-10)13(9-14)3-5-15(2)6-4-13/h10H,3-8H2,1-2H3. The van der Waals surface area contributed by atoms with Crippen LogP contribution in [0.3, 0.4) is 0 Å². The van der Waals surface area contributed by atoms with E-state index in [4.69, 9.17) is 0 Å². The molecule has 2 rings (SSSR count). The molecule has 0 aliphatic carbocycles. The summed E-state index contributed by atoms with van der Waals surface area (Å²) in [7, 11) is 1.99. The molecule has 0 spiro atoms. The molecule has 0 radical (unpaired) electrons. The molecule has 5 nitrogen and oxygen atoms in total. The Labute approximate surface area is 107 Å². The van der Waals surface area contributed by atoms with Gasteiger partial charge in [0.2, 0.25) is 11.8 Å². The summed E-state index contributed by atoms with van der Waals surface area (Å²) in [6.45, 7) is 3.40. The van der Waals surface area contributed by atoms with E-state index in [1.807, 2.05) is 14.0 Å². The molecular weight excluding hydrogens is 230 g/mol. The van der Waals surface area contributed by atoms with Crippen LogP contribution in [-0.2, 0) is 9.59 Å². The summed E-state index contributed by atoms with van der Waals surface area (Å²) in [6.07, 6.45) is 1.88. The third-order valence-electron chi connectivity index (χ3n) is 4.00. The van der Waals surface area contributed by atoms with Gasteiger partial charge in [0.15, 0.2) is 0 Å². The second-order valence-corrected chi connectivity index (χ2v) is 5.58. The van der Waals surface area contributed by atoms with Crippen LogP contribution in [0.2, 0.25) is 0 Å². The minimum absolute atomic E-state index is 0.100. The van der Waals surface area contributed by atoms with Gasteiger partial charge in [0.05, 0.1) is 6.07 Å². The summed E-state index contributed by atoms with van der Waals surface area (Å²) in [5, 5.41) is 9.47. The van der Waals surface area contributed by atoms with Crippen molar-refractivity contribution in [2.24, 2.45) is 5.92 Å². The minimum Gasteiger partial charge on any atom is -0.306 e. The van der Waals surface area contributed by atoms with E-state index in [1.54, 1.807) is 0 Å². The zero-order chi connectivity index (χ0) is 13.3. The lowest BCUT2D eigenvalue weighted by Gasteiger charge is -2.44. The molecule has 0 atom stereocenters. The van der Waals surface area contributed by atoms with Gasteiger partial charge in [0.1, 0.15) is 5.54 Å². The highest BCUT2D eigenvalue weighted by molar-refractivity contribution is 5.99. The number of hydrogen-bond acceptors (Lipinski definition) is 4. The van der Waals surface area contributed by atoms with E-state index in [2.05, 4.69) is 11.0 Å². The van der Waals surface area contributed by atoms with Crippen LogP contribution in [0, 0.1) is 17.2 Å². The predicted molar refractivity (Wildman–Crippen MR) is 65.3 cm³/mol. The number of rotatable bonds is 1. The van der Waals surface area contributed by atoms with Gasteiger partial charge in [-0.15, -0.1) is 0 Å². The second kappa shape index (κ2) is 4.69. The van der Waals surface area contributed by atoms with Crippen molar-refractivity contribution in [2.75, 3.05) is 20.1 Å². The normalized spacial score (nSPS) is 26.2. The number of piperidine rings is 2. The summed E-state index contributed by atoms with van der Waals surface area (Å²) >= 11 is 0. The Balaban J connectivity index is 2.25. The smallest absolute Gasteiger partial charge is 0.230 e. The molecule has 5 heteroatoms. The minimum atomic E-state index is -0.902. The Morgan fingerprint density at radius 1 is 1.22 bits per heavy atom. The Morgan fingerprint density at radius 2 is 1.72 bits per heavy atom. The molecule has 0 saturated carbocycles. The zero-order valence-corrected chi connectivity index (χ0v) is 11.0. The van der Waals surface area contributed by atoms with Crippen LogP contribution in [0.5, 0.6) is 0 Å². The van der Waals surface area contributed by atoms with Gasteiger partial charge in [-0.05, 0) is 25.8 Å². The van der Waals surface area contributed by atoms with E-state index in [0.29, 0.717) is 25.7 Å². The van der Waals surface area contributed by atoms with Crippen LogP contribution in [-0.4, -0.2) is 47.3 Å². The number of nitriles is 1. The van der Waals surface area contributed by atoms with Gasteiger partial charge in [-0.1, -0.05) is 6.92 Å². The van der Waals surface area contributed by atoms with Gasteiger partial charge in [0.25, 0.3) is 0 Å². The summed E-state index contributed by atoms with van der Waals surface area (Å²) in [6, 6.07) is 2.24. The Hall–Kier alpha value is -1.41. The van der Waals surface area contributed by atoms with Crippen molar-refractivity contribution in [2.45, 2.75) is 38.1 Å². The lowest BCUT2D eigenvalue weighted by Crippen LogP contribution is -2.60. The lowest BCUT2D eigenvalue weighted by atomic mass is 9.84. The van der Waals surface area contributed by atoms with Gasteiger partial charge >= 0.3 is 0 Å². The van der Waals surface area contributed by atoms with Crippen LogP contribution < -0.4 is 0 Å². The lowest BCUT2D eigenvalue weighted by molar-refractivity contribution is -0.157. The average molecular weight is 249 g/mol. The van der Waals surface area contributed by atoms with E-state index < -0.39 is 5.54 Å². The molecule has 2 fully saturated rings. The fourth-order valence-electron chi connectivity index (χ4n) is 2.84. The summed E-state index contributed by atoms with van der Waals surface area (Å²) in [5.41, 5.74) is -0.902. The Bertz CT molecular complexity index is 387. The van der Waals surface area contributed by atoms with E-state index >= 15 is 0 Å². The quantitative estimate of drug-likeness (QED) is 0.644. The number of imide groups is 1. The van der Waals surface area contributed by atoms with Gasteiger partial charge in [0, 0.05) is 25.9 Å². The second-order valence-electron chi connectivity index (χ2n) is 5.58. The van der Waals surface area contributed by atoms with Gasteiger partial charge in [-0.2, -0.15) is 5.26 Å². The molecule has 2 amide bonds. The van der Waals surface area contributed by atoms with E-state index in [1.165, 1.54) is 4.90 Å². The molecule has 2 heterocycles. The van der Waals surface area contributed by atoms with Crippen LogP contribution in [0.1, 0.15) is 32.6 Å². The fraction of sp³-hybridized carbons (Fsp3) is 0.769. The number of carbonyl (C=O) groups is 2. The van der Waals surface area contributed by atoms with Crippen LogP contribution in [0.4, 0.5) is 0 Å². The van der Waals surface area contributed by atoms with Crippen molar-refractivity contribution in [1.29, 1.82) is 5.26 Å². The zero-order valence-electron chi connectivity index (χ0n) is 11.0. The Kier molecular flexibility index (Phi) is 3.40. The topological polar surface area (TPSA) is 64.4 Å². The van der Waals surface area contributed by atoms with Crippen molar-refractivity contribution >= 4 is 11.8 Å². The van der Waals surface area contributed by atoms with Crippen LogP contribution in [0.15, 0.2) is 0 Å². The molecule has 98 valence electrons. The summed E-state index contributed by atoms with van der Waals surface area (Å²) < 4.78 is 0. The van der Waals surface area contributed by atoms with Crippen LogP contribution >= 0.6 is 0 Å². The first-order valence-corrected chi connectivity index (χ1v) is 6.44. The molecule has 2 saturated heterocycles. The molecule has 0 aromatic rings. The van der Waals surface area contributed by atoms with Crippen molar-refractivity contribution in [3.63, 3.8) is 0 Å². The largest absolute Gasteiger partial charge is 0.306 e.